The van der Waals surface area contributed by atoms with E-state index in [0.29, 0.717) is 32.7 Å². The van der Waals surface area contributed by atoms with Crippen molar-refractivity contribution < 1.29 is 44.0 Å². The van der Waals surface area contributed by atoms with Crippen LogP contribution in [0.3, 0.4) is 0 Å². The Morgan fingerprint density at radius 1 is 0.750 bits per heavy atom. The van der Waals surface area contributed by atoms with E-state index in [2.05, 4.69) is 0 Å². The van der Waals surface area contributed by atoms with E-state index in [-0.39, 0.29) is 33.6 Å². The van der Waals surface area contributed by atoms with Crippen LogP contribution in [0.25, 0.3) is 33.4 Å². The SMILES string of the molecule is CN(c1ccc(O)cc1)c1ccc2c(-c3ccc(C(=O)N(CC(=O)O)CC(=O)O)cc3C(=O)O)c3ccc(=O)cc-3oc2c1. The fourth-order valence-corrected chi connectivity index (χ4v) is 4.96. The smallest absolute Gasteiger partial charge is 0.336 e. The van der Waals surface area contributed by atoms with Crippen LogP contribution in [-0.2, 0) is 9.59 Å². The van der Waals surface area contributed by atoms with E-state index in [1.807, 2.05) is 11.9 Å². The molecule has 0 bridgehead atoms. The summed E-state index contributed by atoms with van der Waals surface area (Å²) in [5, 5.41) is 38.7. The van der Waals surface area contributed by atoms with Gasteiger partial charge in [0.25, 0.3) is 5.91 Å². The topological polar surface area (TPSA) is 186 Å². The van der Waals surface area contributed by atoms with Crippen LogP contribution >= 0.6 is 0 Å². The number of carbonyl (C=O) groups excluding carboxylic acids is 1. The molecule has 0 fully saturated rings. The molecule has 3 aromatic rings. The molecule has 0 spiro atoms. The molecule has 0 radical (unpaired) electrons. The Kier molecular flexibility index (Phi) is 7.73. The summed E-state index contributed by atoms with van der Waals surface area (Å²) >= 11 is 0. The van der Waals surface area contributed by atoms with Crippen molar-refractivity contribution in [2.45, 2.75) is 0 Å². The molecular weight excluding hydrogens is 572 g/mol. The number of aliphatic carboxylic acids is 2. The Morgan fingerprint density at radius 3 is 2.02 bits per heavy atom. The Morgan fingerprint density at radius 2 is 1.39 bits per heavy atom. The quantitative estimate of drug-likeness (QED) is 0.177. The van der Waals surface area contributed by atoms with Gasteiger partial charge in [0.2, 0.25) is 0 Å². The summed E-state index contributed by atoms with van der Waals surface area (Å²) in [6.45, 7) is -1.80. The lowest BCUT2D eigenvalue weighted by molar-refractivity contribution is -0.140. The van der Waals surface area contributed by atoms with Gasteiger partial charge in [-0.05, 0) is 66.2 Å². The molecule has 0 atom stereocenters. The van der Waals surface area contributed by atoms with Gasteiger partial charge in [0.05, 0.1) is 5.56 Å². The highest BCUT2D eigenvalue weighted by Crippen LogP contribution is 2.42. The first-order chi connectivity index (χ1) is 20.9. The molecule has 1 aliphatic carbocycles. The van der Waals surface area contributed by atoms with E-state index in [1.165, 1.54) is 30.3 Å². The molecule has 1 amide bonds. The zero-order valence-corrected chi connectivity index (χ0v) is 23.1. The standard InChI is InChI=1S/C32H24N2O10/c1-33(18-3-6-20(35)7-4-18)19-5-10-23-26(13-19)44-27-14-21(36)8-11-24(27)30(23)22-9-2-17(12-25(22)32(42)43)31(41)34(15-28(37)38)16-29(39)40/h2-14,35H,15-16H2,1H3,(H,37,38)(H,39,40)(H,42,43). The largest absolute Gasteiger partial charge is 0.508 e. The van der Waals surface area contributed by atoms with Crippen LogP contribution in [0.5, 0.6) is 5.75 Å². The molecule has 44 heavy (non-hydrogen) atoms. The molecule has 1 heterocycles. The molecule has 2 aliphatic rings. The first-order valence-corrected chi connectivity index (χ1v) is 13.1. The monoisotopic (exact) mass is 596 g/mol. The average molecular weight is 597 g/mol. The van der Waals surface area contributed by atoms with Crippen molar-refractivity contribution in [1.82, 2.24) is 4.90 Å². The van der Waals surface area contributed by atoms with Gasteiger partial charge in [-0.15, -0.1) is 0 Å². The van der Waals surface area contributed by atoms with Gasteiger partial charge < -0.3 is 34.6 Å². The summed E-state index contributed by atoms with van der Waals surface area (Å²) < 4.78 is 6.12. The van der Waals surface area contributed by atoms with Crippen molar-refractivity contribution in [3.63, 3.8) is 0 Å². The fraction of sp³-hybridized carbons (Fsp3) is 0.0938. The number of amides is 1. The number of aromatic hydroxyl groups is 1. The highest BCUT2D eigenvalue weighted by atomic mass is 16.4. The number of fused-ring (bicyclic) bond motifs is 2. The number of carboxylic acid groups (broad SMARTS) is 3. The minimum atomic E-state index is -1.44. The molecule has 0 unspecified atom stereocenters. The lowest BCUT2D eigenvalue weighted by Gasteiger charge is -2.22. The van der Waals surface area contributed by atoms with Crippen molar-refractivity contribution in [2.75, 3.05) is 25.0 Å². The number of benzene rings is 4. The van der Waals surface area contributed by atoms with Gasteiger partial charge in [0.1, 0.15) is 30.2 Å². The Labute approximate surface area is 248 Å². The third-order valence-corrected chi connectivity index (χ3v) is 7.01. The lowest BCUT2D eigenvalue weighted by Crippen LogP contribution is -2.39. The minimum Gasteiger partial charge on any atom is -0.508 e. The number of rotatable bonds is 9. The Bertz CT molecular complexity index is 1960. The van der Waals surface area contributed by atoms with Crippen LogP contribution in [0.4, 0.5) is 11.4 Å². The first kappa shape index (κ1) is 29.3. The van der Waals surface area contributed by atoms with Crippen LogP contribution in [0.2, 0.25) is 0 Å². The molecule has 3 aromatic carbocycles. The zero-order valence-electron chi connectivity index (χ0n) is 23.1. The van der Waals surface area contributed by atoms with Gasteiger partial charge in [0.15, 0.2) is 5.43 Å². The molecule has 5 rings (SSSR count). The predicted octanol–water partition coefficient (Wildman–Crippen LogP) is 4.35. The zero-order chi connectivity index (χ0) is 31.7. The Hall–Kier alpha value is -6.17. The van der Waals surface area contributed by atoms with E-state index in [9.17, 15) is 34.2 Å². The second-order valence-electron chi connectivity index (χ2n) is 9.91. The summed E-state index contributed by atoms with van der Waals surface area (Å²) in [6.07, 6.45) is 0. The van der Waals surface area contributed by atoms with Crippen LogP contribution in [0.15, 0.2) is 88.1 Å². The molecule has 0 saturated carbocycles. The third kappa shape index (κ3) is 5.77. The highest BCUT2D eigenvalue weighted by Gasteiger charge is 2.26. The van der Waals surface area contributed by atoms with Crippen molar-refractivity contribution in [3.8, 4) is 28.2 Å². The number of nitrogens with zero attached hydrogens (tertiary/aromatic N) is 2. The van der Waals surface area contributed by atoms with Crippen LogP contribution in [-0.4, -0.2) is 69.3 Å². The molecule has 222 valence electrons. The number of hydrogen-bond acceptors (Lipinski definition) is 8. The van der Waals surface area contributed by atoms with E-state index in [0.717, 1.165) is 11.8 Å². The second-order valence-corrected chi connectivity index (χ2v) is 9.91. The summed E-state index contributed by atoms with van der Waals surface area (Å²) in [5.41, 5.74) is 1.92. The number of anilines is 2. The molecular formula is C32H24N2O10. The number of phenols is 1. The van der Waals surface area contributed by atoms with Gasteiger partial charge in [-0.3, -0.25) is 19.2 Å². The molecule has 0 saturated heterocycles. The number of phenolic OH excluding ortho intramolecular Hbond substituents is 1. The van der Waals surface area contributed by atoms with E-state index >= 15 is 0 Å². The third-order valence-electron chi connectivity index (χ3n) is 7.01. The van der Waals surface area contributed by atoms with Crippen LogP contribution < -0.4 is 10.3 Å². The fourth-order valence-electron chi connectivity index (χ4n) is 4.96. The number of aromatic carboxylic acids is 1. The first-order valence-electron chi connectivity index (χ1n) is 13.1. The minimum absolute atomic E-state index is 0.110. The van der Waals surface area contributed by atoms with Crippen LogP contribution in [0.1, 0.15) is 20.7 Å². The molecule has 12 heteroatoms. The van der Waals surface area contributed by atoms with Gasteiger partial charge in [0, 0.05) is 52.6 Å². The molecule has 1 aliphatic heterocycles. The second kappa shape index (κ2) is 11.6. The van der Waals surface area contributed by atoms with Crippen LogP contribution in [0, 0.1) is 0 Å². The van der Waals surface area contributed by atoms with Gasteiger partial charge in [-0.25, -0.2) is 4.79 Å². The van der Waals surface area contributed by atoms with Crippen molar-refractivity contribution >= 4 is 46.2 Å². The summed E-state index contributed by atoms with van der Waals surface area (Å²) in [5.74, 6) is -4.94. The lowest BCUT2D eigenvalue weighted by atomic mass is 9.89. The van der Waals surface area contributed by atoms with Gasteiger partial charge >= 0.3 is 17.9 Å². The number of hydrogen-bond donors (Lipinski definition) is 4. The summed E-state index contributed by atoms with van der Waals surface area (Å²) in [6, 6.07) is 19.6. The van der Waals surface area contributed by atoms with Gasteiger partial charge in [-0.1, -0.05) is 6.07 Å². The molecule has 4 N–H and O–H groups in total. The van der Waals surface area contributed by atoms with Crippen molar-refractivity contribution in [3.05, 3.63) is 100 Å². The molecule has 0 aromatic heterocycles. The number of carbonyl (C=O) groups is 4. The summed E-state index contributed by atoms with van der Waals surface area (Å²) in [7, 11) is 1.81. The Balaban J connectivity index is 1.69. The normalized spacial score (nSPS) is 10.9. The van der Waals surface area contributed by atoms with Crippen molar-refractivity contribution in [1.29, 1.82) is 0 Å². The van der Waals surface area contributed by atoms with E-state index < -0.39 is 36.9 Å². The average Bonchev–Trinajstić information content (AvgIpc) is 2.98. The maximum atomic E-state index is 13.1. The van der Waals surface area contributed by atoms with Gasteiger partial charge in [-0.2, -0.15) is 0 Å². The van der Waals surface area contributed by atoms with E-state index in [1.54, 1.807) is 42.5 Å². The number of carboxylic acids is 3. The van der Waals surface area contributed by atoms with E-state index in [4.69, 9.17) is 14.6 Å². The highest BCUT2D eigenvalue weighted by molar-refractivity contribution is 6.09. The maximum Gasteiger partial charge on any atom is 0.336 e. The maximum absolute atomic E-state index is 13.1. The molecule has 12 nitrogen and oxygen atoms in total. The summed E-state index contributed by atoms with van der Waals surface area (Å²) in [4.78, 5) is 62.8. The van der Waals surface area contributed by atoms with Crippen molar-refractivity contribution in [2.24, 2.45) is 0 Å². The predicted molar refractivity (Wildman–Crippen MR) is 159 cm³/mol.